The summed E-state index contributed by atoms with van der Waals surface area (Å²) in [5.74, 6) is 1.04. The van der Waals surface area contributed by atoms with Crippen molar-refractivity contribution in [3.05, 3.63) is 42.0 Å². The summed E-state index contributed by atoms with van der Waals surface area (Å²) < 4.78 is 6.06. The van der Waals surface area contributed by atoms with Crippen LogP contribution in [0.1, 0.15) is 51.5 Å². The van der Waals surface area contributed by atoms with Gasteiger partial charge in [-0.1, -0.05) is 63.4 Å². The van der Waals surface area contributed by atoms with Gasteiger partial charge in [0, 0.05) is 12.1 Å². The molecule has 0 radical (unpaired) electrons. The lowest BCUT2D eigenvalue weighted by Crippen LogP contribution is -2.15. The van der Waals surface area contributed by atoms with Gasteiger partial charge in [-0.25, -0.2) is 0 Å². The van der Waals surface area contributed by atoms with Crippen LogP contribution in [0.25, 0.3) is 10.8 Å². The molecule has 0 spiro atoms. The Morgan fingerprint density at radius 1 is 0.909 bits per heavy atom. The molecular formula is C20H29NO. The predicted octanol–water partition coefficient (Wildman–Crippen LogP) is 5.30. The third-order valence-corrected chi connectivity index (χ3v) is 4.01. The third-order valence-electron chi connectivity index (χ3n) is 4.01. The molecule has 2 aromatic rings. The fraction of sp³-hybridized carbons (Fsp3) is 0.500. The lowest BCUT2D eigenvalue weighted by Gasteiger charge is -2.15. The number of benzene rings is 2. The Balaban J connectivity index is 2.13. The fourth-order valence-electron chi connectivity index (χ4n) is 2.68. The van der Waals surface area contributed by atoms with Crippen molar-refractivity contribution in [2.24, 2.45) is 0 Å². The summed E-state index contributed by atoms with van der Waals surface area (Å²) in [6.07, 6.45) is 6.04. The quantitative estimate of drug-likeness (QED) is 0.601. The normalized spacial score (nSPS) is 11.0. The maximum absolute atomic E-state index is 6.06. The molecule has 0 atom stereocenters. The van der Waals surface area contributed by atoms with Gasteiger partial charge in [0.2, 0.25) is 0 Å². The molecular weight excluding hydrogens is 270 g/mol. The summed E-state index contributed by atoms with van der Waals surface area (Å²) in [6.45, 7) is 7.20. The highest BCUT2D eigenvalue weighted by molar-refractivity contribution is 5.87. The van der Waals surface area contributed by atoms with Crippen LogP contribution >= 0.6 is 0 Å². The number of ether oxygens (including phenoxy) is 1. The second-order valence-electron chi connectivity index (χ2n) is 5.85. The van der Waals surface area contributed by atoms with Crippen LogP contribution in [-0.4, -0.2) is 13.2 Å². The zero-order valence-electron chi connectivity index (χ0n) is 14.0. The van der Waals surface area contributed by atoms with Crippen molar-refractivity contribution in [2.75, 3.05) is 13.2 Å². The first-order chi connectivity index (χ1) is 10.9. The minimum Gasteiger partial charge on any atom is -0.493 e. The molecule has 0 heterocycles. The number of unbranched alkanes of at least 4 members (excludes halogenated alkanes) is 3. The highest BCUT2D eigenvalue weighted by atomic mass is 16.5. The molecule has 0 fully saturated rings. The predicted molar refractivity (Wildman–Crippen MR) is 95.6 cm³/mol. The second kappa shape index (κ2) is 9.47. The first-order valence-corrected chi connectivity index (χ1v) is 8.71. The van der Waals surface area contributed by atoms with Crippen molar-refractivity contribution >= 4 is 10.8 Å². The van der Waals surface area contributed by atoms with E-state index in [1.165, 1.54) is 42.0 Å². The van der Waals surface area contributed by atoms with Crippen molar-refractivity contribution < 1.29 is 4.74 Å². The molecule has 22 heavy (non-hydrogen) atoms. The van der Waals surface area contributed by atoms with E-state index in [9.17, 15) is 0 Å². The Bertz CT molecular complexity index is 565. The van der Waals surface area contributed by atoms with Crippen LogP contribution in [0.15, 0.2) is 36.4 Å². The summed E-state index contributed by atoms with van der Waals surface area (Å²) in [7, 11) is 0. The van der Waals surface area contributed by atoms with Gasteiger partial charge in [-0.3, -0.25) is 0 Å². The average molecular weight is 299 g/mol. The highest BCUT2D eigenvalue weighted by Gasteiger charge is 2.08. The first kappa shape index (κ1) is 16.8. The van der Waals surface area contributed by atoms with E-state index in [4.69, 9.17) is 4.74 Å². The Kier molecular flexibility index (Phi) is 7.24. The van der Waals surface area contributed by atoms with Crippen LogP contribution < -0.4 is 10.1 Å². The van der Waals surface area contributed by atoms with Gasteiger partial charge in [-0.2, -0.15) is 0 Å². The molecule has 0 saturated carbocycles. The molecule has 2 aromatic carbocycles. The van der Waals surface area contributed by atoms with E-state index in [2.05, 4.69) is 55.6 Å². The molecule has 0 aliphatic carbocycles. The van der Waals surface area contributed by atoms with E-state index in [1.54, 1.807) is 0 Å². The van der Waals surface area contributed by atoms with Gasteiger partial charge in [0.05, 0.1) is 6.61 Å². The maximum Gasteiger partial charge on any atom is 0.124 e. The molecule has 0 aromatic heterocycles. The molecule has 2 nitrogen and oxygen atoms in total. The van der Waals surface area contributed by atoms with E-state index in [0.717, 1.165) is 31.9 Å². The second-order valence-corrected chi connectivity index (χ2v) is 5.85. The molecule has 0 aliphatic rings. The van der Waals surface area contributed by atoms with Gasteiger partial charge < -0.3 is 10.1 Å². The largest absolute Gasteiger partial charge is 0.493 e. The van der Waals surface area contributed by atoms with Crippen molar-refractivity contribution in [2.45, 2.75) is 52.5 Å². The minimum absolute atomic E-state index is 0.814. The number of nitrogens with one attached hydrogen (secondary N) is 1. The van der Waals surface area contributed by atoms with Crippen molar-refractivity contribution in [1.29, 1.82) is 0 Å². The summed E-state index contributed by atoms with van der Waals surface area (Å²) >= 11 is 0. The fourth-order valence-corrected chi connectivity index (χ4v) is 2.68. The molecule has 0 saturated heterocycles. The summed E-state index contributed by atoms with van der Waals surface area (Å²) in [4.78, 5) is 0. The Morgan fingerprint density at radius 2 is 1.73 bits per heavy atom. The first-order valence-electron chi connectivity index (χ1n) is 8.71. The van der Waals surface area contributed by atoms with Gasteiger partial charge in [0.1, 0.15) is 5.75 Å². The molecule has 0 amide bonds. The number of hydrogen-bond donors (Lipinski definition) is 1. The summed E-state index contributed by atoms with van der Waals surface area (Å²) in [5.41, 5.74) is 1.30. The van der Waals surface area contributed by atoms with Crippen LogP contribution in [0.3, 0.4) is 0 Å². The molecule has 1 N–H and O–H groups in total. The SMILES string of the molecule is CCCCCOc1ccc2ccccc2c1CNCCCC. The molecule has 120 valence electrons. The van der Waals surface area contributed by atoms with Gasteiger partial charge in [0.15, 0.2) is 0 Å². The molecule has 0 unspecified atom stereocenters. The van der Waals surface area contributed by atoms with Gasteiger partial charge >= 0.3 is 0 Å². The summed E-state index contributed by atoms with van der Waals surface area (Å²) in [6, 6.07) is 12.9. The van der Waals surface area contributed by atoms with Gasteiger partial charge in [0.25, 0.3) is 0 Å². The average Bonchev–Trinajstić information content (AvgIpc) is 2.56. The standard InChI is InChI=1S/C20H29NO/c1-3-5-9-15-22-20-13-12-17-10-7-8-11-18(17)19(20)16-21-14-6-4-2/h7-8,10-13,21H,3-6,9,14-16H2,1-2H3. The highest BCUT2D eigenvalue weighted by Crippen LogP contribution is 2.28. The Morgan fingerprint density at radius 3 is 2.55 bits per heavy atom. The lowest BCUT2D eigenvalue weighted by atomic mass is 10.0. The van der Waals surface area contributed by atoms with E-state index in [0.29, 0.717) is 0 Å². The molecule has 0 aliphatic heterocycles. The van der Waals surface area contributed by atoms with Crippen molar-refractivity contribution in [3.8, 4) is 5.75 Å². The van der Waals surface area contributed by atoms with E-state index in [1.807, 2.05) is 0 Å². The van der Waals surface area contributed by atoms with Crippen molar-refractivity contribution in [3.63, 3.8) is 0 Å². The van der Waals surface area contributed by atoms with Crippen molar-refractivity contribution in [1.82, 2.24) is 5.32 Å². The molecule has 2 heteroatoms. The van der Waals surface area contributed by atoms with Gasteiger partial charge in [-0.05, 0) is 36.2 Å². The zero-order valence-corrected chi connectivity index (χ0v) is 14.0. The number of fused-ring (bicyclic) bond motifs is 1. The molecule has 0 bridgehead atoms. The zero-order chi connectivity index (χ0) is 15.6. The van der Waals surface area contributed by atoms with E-state index < -0.39 is 0 Å². The van der Waals surface area contributed by atoms with E-state index >= 15 is 0 Å². The van der Waals surface area contributed by atoms with E-state index in [-0.39, 0.29) is 0 Å². The van der Waals surface area contributed by atoms with Crippen LogP contribution in [0.2, 0.25) is 0 Å². The molecule has 2 rings (SSSR count). The lowest BCUT2D eigenvalue weighted by molar-refractivity contribution is 0.303. The third kappa shape index (κ3) is 4.74. The van der Waals surface area contributed by atoms with Gasteiger partial charge in [-0.15, -0.1) is 0 Å². The number of hydrogen-bond acceptors (Lipinski definition) is 2. The maximum atomic E-state index is 6.06. The topological polar surface area (TPSA) is 21.3 Å². The van der Waals surface area contributed by atoms with Crippen LogP contribution in [0, 0.1) is 0 Å². The smallest absolute Gasteiger partial charge is 0.124 e. The van der Waals surface area contributed by atoms with Crippen LogP contribution in [0.5, 0.6) is 5.75 Å². The minimum atomic E-state index is 0.814. The van der Waals surface area contributed by atoms with Crippen LogP contribution in [0.4, 0.5) is 0 Å². The summed E-state index contributed by atoms with van der Waals surface area (Å²) in [5, 5.41) is 6.15. The monoisotopic (exact) mass is 299 g/mol. The number of rotatable bonds is 10. The Hall–Kier alpha value is -1.54. The Labute approximate surface area is 134 Å². The van der Waals surface area contributed by atoms with Crippen LogP contribution in [-0.2, 0) is 6.54 Å².